The zero-order chi connectivity index (χ0) is 18.3. The van der Waals surface area contributed by atoms with Crippen molar-refractivity contribution in [3.8, 4) is 0 Å². The molecule has 1 rings (SSSR count). The molecule has 0 aliphatic carbocycles. The number of ketones is 1. The molecule has 0 aliphatic rings. The average Bonchev–Trinajstić information content (AvgIpc) is 2.50. The number of carbonyl (C=O) groups is 3. The monoisotopic (exact) mass is 332 g/mol. The highest BCUT2D eigenvalue weighted by Gasteiger charge is 2.23. The van der Waals surface area contributed by atoms with E-state index in [2.05, 4.69) is 17.2 Å². The van der Waals surface area contributed by atoms with Crippen molar-refractivity contribution in [2.24, 2.45) is 0 Å². The molecule has 1 aromatic carbocycles. The van der Waals surface area contributed by atoms with Gasteiger partial charge in [-0.15, -0.1) is 0 Å². The molecule has 6 heteroatoms. The van der Waals surface area contributed by atoms with Gasteiger partial charge in [0.2, 0.25) is 0 Å². The minimum Gasteiger partial charge on any atom is -0.481 e. The Morgan fingerprint density at radius 3 is 2.46 bits per heavy atom. The summed E-state index contributed by atoms with van der Waals surface area (Å²) in [5.41, 5.74) is 2.20. The van der Waals surface area contributed by atoms with Crippen LogP contribution in [0.1, 0.15) is 44.7 Å². The molecule has 130 valence electrons. The number of Topliss-reactive ketones (excluding diaryl/α,β-unsaturated/α-hetero) is 1. The second kappa shape index (κ2) is 8.29. The second-order valence-electron chi connectivity index (χ2n) is 6.23. The van der Waals surface area contributed by atoms with Gasteiger partial charge in [0.25, 0.3) is 0 Å². The standard InChI is InChI=1S/C18H24N2O4/c1-12(2)13-6-5-7-14(10-13)18(3,4)20-17(24)19-11-15(21)8-9-16(22)23/h5-7,10H,1,8-9,11H2,2-4H3,(H,22,23)(H2,19,20,24). The molecule has 0 aliphatic heterocycles. The number of carbonyl (C=O) groups excluding carboxylic acids is 2. The molecule has 6 nitrogen and oxygen atoms in total. The van der Waals surface area contributed by atoms with Gasteiger partial charge in [-0.2, -0.15) is 0 Å². The van der Waals surface area contributed by atoms with E-state index in [-0.39, 0.29) is 25.2 Å². The van der Waals surface area contributed by atoms with E-state index in [9.17, 15) is 14.4 Å². The van der Waals surface area contributed by atoms with Crippen molar-refractivity contribution in [1.82, 2.24) is 10.6 Å². The van der Waals surface area contributed by atoms with E-state index in [0.717, 1.165) is 16.7 Å². The van der Waals surface area contributed by atoms with Gasteiger partial charge in [0.15, 0.2) is 5.78 Å². The van der Waals surface area contributed by atoms with Gasteiger partial charge in [-0.25, -0.2) is 4.79 Å². The highest BCUT2D eigenvalue weighted by molar-refractivity contribution is 5.87. The summed E-state index contributed by atoms with van der Waals surface area (Å²) in [6.07, 6.45) is -0.332. The quantitative estimate of drug-likeness (QED) is 0.682. The Morgan fingerprint density at radius 1 is 1.21 bits per heavy atom. The van der Waals surface area contributed by atoms with E-state index >= 15 is 0 Å². The first kappa shape index (κ1) is 19.4. The van der Waals surface area contributed by atoms with Gasteiger partial charge in [0.05, 0.1) is 18.5 Å². The smallest absolute Gasteiger partial charge is 0.315 e. The molecule has 0 bridgehead atoms. The summed E-state index contributed by atoms with van der Waals surface area (Å²) < 4.78 is 0. The minimum absolute atomic E-state index is 0.0976. The summed E-state index contributed by atoms with van der Waals surface area (Å²) in [5, 5.41) is 13.8. The third-order valence-corrected chi connectivity index (χ3v) is 3.57. The number of carboxylic acid groups (broad SMARTS) is 1. The maximum Gasteiger partial charge on any atom is 0.315 e. The normalized spacial score (nSPS) is 10.8. The topological polar surface area (TPSA) is 95.5 Å². The molecule has 0 fully saturated rings. The summed E-state index contributed by atoms with van der Waals surface area (Å²) in [6.45, 7) is 9.34. The Hall–Kier alpha value is -2.63. The van der Waals surface area contributed by atoms with Gasteiger partial charge < -0.3 is 15.7 Å². The van der Waals surface area contributed by atoms with E-state index in [1.54, 1.807) is 0 Å². The Morgan fingerprint density at radius 2 is 1.88 bits per heavy atom. The van der Waals surface area contributed by atoms with E-state index in [4.69, 9.17) is 5.11 Å². The lowest BCUT2D eigenvalue weighted by Crippen LogP contribution is -2.47. The number of aliphatic carboxylic acids is 1. The molecule has 0 heterocycles. The summed E-state index contributed by atoms with van der Waals surface area (Å²) in [7, 11) is 0. The number of allylic oxidation sites excluding steroid dienone is 1. The van der Waals surface area contributed by atoms with Crippen molar-refractivity contribution in [2.45, 2.75) is 39.2 Å². The minimum atomic E-state index is -1.04. The van der Waals surface area contributed by atoms with Crippen LogP contribution < -0.4 is 10.6 Å². The zero-order valence-corrected chi connectivity index (χ0v) is 14.3. The van der Waals surface area contributed by atoms with Gasteiger partial charge in [0.1, 0.15) is 0 Å². The maximum atomic E-state index is 12.0. The van der Waals surface area contributed by atoms with Gasteiger partial charge in [0, 0.05) is 6.42 Å². The molecule has 0 unspecified atom stereocenters. The van der Waals surface area contributed by atoms with Crippen LogP contribution >= 0.6 is 0 Å². The average molecular weight is 332 g/mol. The van der Waals surface area contributed by atoms with Crippen LogP contribution in [0.2, 0.25) is 0 Å². The molecule has 24 heavy (non-hydrogen) atoms. The van der Waals surface area contributed by atoms with Crippen molar-refractivity contribution >= 4 is 23.4 Å². The van der Waals surface area contributed by atoms with Crippen molar-refractivity contribution in [3.05, 3.63) is 42.0 Å². The van der Waals surface area contributed by atoms with Crippen LogP contribution in [0.3, 0.4) is 0 Å². The van der Waals surface area contributed by atoms with Crippen LogP contribution in [0.15, 0.2) is 30.8 Å². The van der Waals surface area contributed by atoms with Crippen molar-refractivity contribution < 1.29 is 19.5 Å². The maximum absolute atomic E-state index is 12.0. The summed E-state index contributed by atoms with van der Waals surface area (Å²) in [5.74, 6) is -1.36. The van der Waals surface area contributed by atoms with E-state index in [0.29, 0.717) is 0 Å². The van der Waals surface area contributed by atoms with Crippen LogP contribution in [-0.4, -0.2) is 29.4 Å². The van der Waals surface area contributed by atoms with Crippen molar-refractivity contribution in [2.75, 3.05) is 6.54 Å². The van der Waals surface area contributed by atoms with Gasteiger partial charge in [-0.3, -0.25) is 9.59 Å². The predicted molar refractivity (Wildman–Crippen MR) is 92.6 cm³/mol. The number of hydrogen-bond acceptors (Lipinski definition) is 3. The van der Waals surface area contributed by atoms with Crippen molar-refractivity contribution in [3.63, 3.8) is 0 Å². The van der Waals surface area contributed by atoms with Crippen LogP contribution in [0.4, 0.5) is 4.79 Å². The molecular weight excluding hydrogens is 308 g/mol. The molecule has 0 atom stereocenters. The fourth-order valence-electron chi connectivity index (χ4n) is 2.09. The molecule has 1 aromatic rings. The molecule has 3 N–H and O–H groups in total. The second-order valence-corrected chi connectivity index (χ2v) is 6.23. The fourth-order valence-corrected chi connectivity index (χ4v) is 2.09. The number of nitrogens with one attached hydrogen (secondary N) is 2. The Kier molecular flexibility index (Phi) is 6.70. The third-order valence-electron chi connectivity index (χ3n) is 3.57. The first-order chi connectivity index (χ1) is 11.1. The molecular formula is C18H24N2O4. The molecule has 0 spiro atoms. The van der Waals surface area contributed by atoms with Gasteiger partial charge in [-0.1, -0.05) is 30.4 Å². The first-order valence-corrected chi connectivity index (χ1v) is 7.68. The summed E-state index contributed by atoms with van der Waals surface area (Å²) >= 11 is 0. The number of amides is 2. The highest BCUT2D eigenvalue weighted by atomic mass is 16.4. The van der Waals surface area contributed by atoms with Crippen LogP contribution in [0.5, 0.6) is 0 Å². The van der Waals surface area contributed by atoms with E-state index in [1.807, 2.05) is 45.0 Å². The van der Waals surface area contributed by atoms with Crippen LogP contribution in [0, 0.1) is 0 Å². The number of benzene rings is 1. The molecule has 2 amide bonds. The zero-order valence-electron chi connectivity index (χ0n) is 14.3. The SMILES string of the molecule is C=C(C)c1cccc(C(C)(C)NC(=O)NCC(=O)CCC(=O)O)c1. The Labute approximate surface area is 141 Å². The fraction of sp³-hybridized carbons (Fsp3) is 0.389. The summed E-state index contributed by atoms with van der Waals surface area (Å²) in [6, 6.07) is 7.23. The highest BCUT2D eigenvalue weighted by Crippen LogP contribution is 2.23. The Balaban J connectivity index is 2.61. The largest absolute Gasteiger partial charge is 0.481 e. The third kappa shape index (κ3) is 6.24. The predicted octanol–water partition coefficient (Wildman–Crippen LogP) is 2.69. The number of carboxylic acids is 1. The van der Waals surface area contributed by atoms with Gasteiger partial charge >= 0.3 is 12.0 Å². The molecule has 0 saturated carbocycles. The molecule has 0 radical (unpaired) electrons. The first-order valence-electron chi connectivity index (χ1n) is 7.68. The molecule has 0 aromatic heterocycles. The van der Waals surface area contributed by atoms with Crippen LogP contribution in [-0.2, 0) is 15.1 Å². The van der Waals surface area contributed by atoms with E-state index in [1.165, 1.54) is 0 Å². The summed E-state index contributed by atoms with van der Waals surface area (Å²) in [4.78, 5) is 33.9. The number of rotatable bonds is 8. The van der Waals surface area contributed by atoms with Crippen molar-refractivity contribution in [1.29, 1.82) is 0 Å². The molecule has 0 saturated heterocycles. The lowest BCUT2D eigenvalue weighted by atomic mass is 9.92. The van der Waals surface area contributed by atoms with E-state index < -0.39 is 17.5 Å². The van der Waals surface area contributed by atoms with Gasteiger partial charge in [-0.05, 0) is 38.0 Å². The van der Waals surface area contributed by atoms with Crippen LogP contribution in [0.25, 0.3) is 5.57 Å². The Bertz CT molecular complexity index is 650. The lowest BCUT2D eigenvalue weighted by molar-refractivity contribution is -0.138. The lowest BCUT2D eigenvalue weighted by Gasteiger charge is -2.27. The number of urea groups is 1. The number of hydrogen-bond donors (Lipinski definition) is 3.